The number of carboxylic acids is 1. The summed E-state index contributed by atoms with van der Waals surface area (Å²) in [5, 5.41) is 8.68. The van der Waals surface area contributed by atoms with Crippen molar-refractivity contribution in [3.63, 3.8) is 0 Å². The fourth-order valence-electron chi connectivity index (χ4n) is 2.29. The zero-order valence-corrected chi connectivity index (χ0v) is 10.1. The molecule has 1 heterocycles. The van der Waals surface area contributed by atoms with Crippen LogP contribution in [0.1, 0.15) is 24.0 Å². The van der Waals surface area contributed by atoms with Gasteiger partial charge in [0, 0.05) is 6.54 Å². The first-order chi connectivity index (χ1) is 8.24. The van der Waals surface area contributed by atoms with Crippen molar-refractivity contribution >= 4 is 5.97 Å². The van der Waals surface area contributed by atoms with E-state index in [1.165, 1.54) is 31.5 Å². The Bertz CT molecular complexity index is 366. The van der Waals surface area contributed by atoms with Crippen LogP contribution in [0.15, 0.2) is 24.3 Å². The van der Waals surface area contributed by atoms with Crippen LogP contribution in [-0.2, 0) is 17.6 Å². The SMILES string of the molecule is O=C(O)Cc1ccc(CCN2CCCC2)cc1. The van der Waals surface area contributed by atoms with Crippen molar-refractivity contribution in [2.45, 2.75) is 25.7 Å². The molecule has 0 radical (unpaired) electrons. The third-order valence-corrected chi connectivity index (χ3v) is 3.29. The van der Waals surface area contributed by atoms with Crippen LogP contribution in [0.4, 0.5) is 0 Å². The van der Waals surface area contributed by atoms with Gasteiger partial charge >= 0.3 is 5.97 Å². The lowest BCUT2D eigenvalue weighted by Crippen LogP contribution is -2.21. The first-order valence-electron chi connectivity index (χ1n) is 6.26. The standard InChI is InChI=1S/C14H19NO2/c16-14(17)11-13-5-3-12(4-6-13)7-10-15-8-1-2-9-15/h3-6H,1-2,7-11H2,(H,16,17). The fourth-order valence-corrected chi connectivity index (χ4v) is 2.29. The minimum absolute atomic E-state index is 0.117. The number of aliphatic carboxylic acids is 1. The van der Waals surface area contributed by atoms with Gasteiger partial charge in [-0.15, -0.1) is 0 Å². The van der Waals surface area contributed by atoms with E-state index in [-0.39, 0.29) is 6.42 Å². The topological polar surface area (TPSA) is 40.5 Å². The summed E-state index contributed by atoms with van der Waals surface area (Å²) in [6.45, 7) is 3.59. The Morgan fingerprint density at radius 3 is 2.29 bits per heavy atom. The highest BCUT2D eigenvalue weighted by Gasteiger charge is 2.10. The van der Waals surface area contributed by atoms with E-state index in [0.29, 0.717) is 0 Å². The average Bonchev–Trinajstić information content (AvgIpc) is 2.80. The molecule has 3 nitrogen and oxygen atoms in total. The summed E-state index contributed by atoms with van der Waals surface area (Å²) >= 11 is 0. The van der Waals surface area contributed by atoms with Crippen LogP contribution in [0.5, 0.6) is 0 Å². The lowest BCUT2D eigenvalue weighted by atomic mass is 10.1. The Morgan fingerprint density at radius 2 is 1.71 bits per heavy atom. The number of rotatable bonds is 5. The number of nitrogens with zero attached hydrogens (tertiary/aromatic N) is 1. The summed E-state index contributed by atoms with van der Waals surface area (Å²) in [6.07, 6.45) is 3.84. The minimum atomic E-state index is -0.769. The van der Waals surface area contributed by atoms with Gasteiger partial charge in [0.2, 0.25) is 0 Å². The molecule has 1 aliphatic heterocycles. The van der Waals surface area contributed by atoms with E-state index in [1.54, 1.807) is 0 Å². The molecule has 0 aliphatic carbocycles. The van der Waals surface area contributed by atoms with Crippen LogP contribution in [0.25, 0.3) is 0 Å². The zero-order chi connectivity index (χ0) is 12.1. The summed E-state index contributed by atoms with van der Waals surface area (Å²) in [6, 6.07) is 7.95. The van der Waals surface area contributed by atoms with E-state index in [1.807, 2.05) is 24.3 Å². The van der Waals surface area contributed by atoms with Gasteiger partial charge in [-0.3, -0.25) is 4.79 Å². The Labute approximate surface area is 102 Å². The Morgan fingerprint density at radius 1 is 1.12 bits per heavy atom. The second-order valence-electron chi connectivity index (χ2n) is 4.69. The second kappa shape index (κ2) is 5.82. The van der Waals surface area contributed by atoms with Gasteiger partial charge in [0.25, 0.3) is 0 Å². The molecule has 1 fully saturated rings. The number of hydrogen-bond donors (Lipinski definition) is 1. The summed E-state index contributed by atoms with van der Waals surface area (Å²) in [5.74, 6) is -0.769. The van der Waals surface area contributed by atoms with Gasteiger partial charge in [-0.25, -0.2) is 0 Å². The number of carboxylic acid groups (broad SMARTS) is 1. The number of benzene rings is 1. The normalized spacial score (nSPS) is 16.2. The second-order valence-corrected chi connectivity index (χ2v) is 4.69. The minimum Gasteiger partial charge on any atom is -0.481 e. The fraction of sp³-hybridized carbons (Fsp3) is 0.500. The molecular formula is C14H19NO2. The van der Waals surface area contributed by atoms with Gasteiger partial charge in [0.05, 0.1) is 6.42 Å². The van der Waals surface area contributed by atoms with Crippen LogP contribution in [-0.4, -0.2) is 35.6 Å². The molecule has 1 aromatic rings. The summed E-state index contributed by atoms with van der Waals surface area (Å²) in [5.41, 5.74) is 2.17. The zero-order valence-electron chi connectivity index (χ0n) is 10.1. The van der Waals surface area contributed by atoms with E-state index < -0.39 is 5.97 Å². The Hall–Kier alpha value is -1.35. The molecule has 92 valence electrons. The Balaban J connectivity index is 1.82. The molecule has 2 rings (SSSR count). The van der Waals surface area contributed by atoms with Crippen molar-refractivity contribution in [3.05, 3.63) is 35.4 Å². The maximum atomic E-state index is 10.5. The van der Waals surface area contributed by atoms with E-state index >= 15 is 0 Å². The van der Waals surface area contributed by atoms with Crippen LogP contribution < -0.4 is 0 Å². The first-order valence-corrected chi connectivity index (χ1v) is 6.26. The molecule has 0 aromatic heterocycles. The molecule has 0 unspecified atom stereocenters. The highest BCUT2D eigenvalue weighted by Crippen LogP contribution is 2.10. The average molecular weight is 233 g/mol. The summed E-state index contributed by atoms with van der Waals surface area (Å²) < 4.78 is 0. The van der Waals surface area contributed by atoms with Crippen LogP contribution in [0, 0.1) is 0 Å². The van der Waals surface area contributed by atoms with Gasteiger partial charge in [-0.2, -0.15) is 0 Å². The maximum Gasteiger partial charge on any atom is 0.307 e. The monoisotopic (exact) mass is 233 g/mol. The number of hydrogen-bond acceptors (Lipinski definition) is 2. The van der Waals surface area contributed by atoms with Gasteiger partial charge in [0.1, 0.15) is 0 Å². The molecule has 3 heteroatoms. The van der Waals surface area contributed by atoms with E-state index in [9.17, 15) is 4.79 Å². The molecule has 0 spiro atoms. The van der Waals surface area contributed by atoms with Crippen molar-refractivity contribution in [3.8, 4) is 0 Å². The van der Waals surface area contributed by atoms with E-state index in [0.717, 1.165) is 18.5 Å². The molecule has 17 heavy (non-hydrogen) atoms. The van der Waals surface area contributed by atoms with Crippen LogP contribution in [0.2, 0.25) is 0 Å². The molecule has 0 atom stereocenters. The molecule has 0 bridgehead atoms. The van der Waals surface area contributed by atoms with E-state index in [4.69, 9.17) is 5.11 Å². The highest BCUT2D eigenvalue weighted by atomic mass is 16.4. The lowest BCUT2D eigenvalue weighted by molar-refractivity contribution is -0.136. The highest BCUT2D eigenvalue weighted by molar-refractivity contribution is 5.70. The molecule has 1 aliphatic rings. The Kier molecular flexibility index (Phi) is 4.15. The predicted molar refractivity (Wildman–Crippen MR) is 67.2 cm³/mol. The quantitative estimate of drug-likeness (QED) is 0.845. The van der Waals surface area contributed by atoms with Crippen molar-refractivity contribution < 1.29 is 9.90 Å². The van der Waals surface area contributed by atoms with Gasteiger partial charge in [-0.1, -0.05) is 24.3 Å². The van der Waals surface area contributed by atoms with Crippen molar-refractivity contribution in [1.82, 2.24) is 4.90 Å². The molecule has 1 saturated heterocycles. The largest absolute Gasteiger partial charge is 0.481 e. The molecule has 1 N–H and O–H groups in total. The third kappa shape index (κ3) is 3.86. The van der Waals surface area contributed by atoms with Crippen molar-refractivity contribution in [2.75, 3.05) is 19.6 Å². The van der Waals surface area contributed by atoms with Crippen LogP contribution >= 0.6 is 0 Å². The smallest absolute Gasteiger partial charge is 0.307 e. The van der Waals surface area contributed by atoms with Crippen molar-refractivity contribution in [2.24, 2.45) is 0 Å². The summed E-state index contributed by atoms with van der Waals surface area (Å²) in [4.78, 5) is 13.0. The number of carbonyl (C=O) groups is 1. The summed E-state index contributed by atoms with van der Waals surface area (Å²) in [7, 11) is 0. The maximum absolute atomic E-state index is 10.5. The lowest BCUT2D eigenvalue weighted by Gasteiger charge is -2.14. The van der Waals surface area contributed by atoms with Gasteiger partial charge < -0.3 is 10.0 Å². The van der Waals surface area contributed by atoms with Crippen molar-refractivity contribution in [1.29, 1.82) is 0 Å². The predicted octanol–water partition coefficient (Wildman–Crippen LogP) is 1.95. The molecule has 0 amide bonds. The van der Waals surface area contributed by atoms with E-state index in [2.05, 4.69) is 4.90 Å². The van der Waals surface area contributed by atoms with Gasteiger partial charge in [-0.05, 0) is 43.5 Å². The molecule has 1 aromatic carbocycles. The first kappa shape index (κ1) is 12.1. The number of likely N-dealkylation sites (tertiary alicyclic amines) is 1. The third-order valence-electron chi connectivity index (χ3n) is 3.29. The molecular weight excluding hydrogens is 214 g/mol. The van der Waals surface area contributed by atoms with Gasteiger partial charge in [0.15, 0.2) is 0 Å². The molecule has 0 saturated carbocycles. The van der Waals surface area contributed by atoms with Crippen LogP contribution in [0.3, 0.4) is 0 Å².